The number of anilines is 2. The van der Waals surface area contributed by atoms with E-state index in [4.69, 9.17) is 0 Å². The number of amides is 2. The quantitative estimate of drug-likeness (QED) is 0.708. The van der Waals surface area contributed by atoms with E-state index in [0.29, 0.717) is 19.6 Å². The van der Waals surface area contributed by atoms with Gasteiger partial charge in [-0.3, -0.25) is 9.59 Å². The van der Waals surface area contributed by atoms with E-state index in [0.717, 1.165) is 11.4 Å². The molecule has 2 aliphatic heterocycles. The molecule has 0 bridgehead atoms. The molecular weight excluding hydrogens is 268 g/mol. The van der Waals surface area contributed by atoms with Crippen LogP contribution in [-0.2, 0) is 9.59 Å². The number of nitrogens with zero attached hydrogens (tertiary/aromatic N) is 1. The Morgan fingerprint density at radius 1 is 1.24 bits per heavy atom. The van der Waals surface area contributed by atoms with Crippen molar-refractivity contribution in [1.82, 2.24) is 10.2 Å². The van der Waals surface area contributed by atoms with E-state index in [1.54, 1.807) is 18.7 Å². The van der Waals surface area contributed by atoms with E-state index in [-0.39, 0.29) is 17.9 Å². The minimum atomic E-state index is -0.812. The van der Waals surface area contributed by atoms with Crippen molar-refractivity contribution in [1.29, 1.82) is 0 Å². The molecule has 1 aromatic carbocycles. The van der Waals surface area contributed by atoms with Gasteiger partial charge < -0.3 is 20.9 Å². The lowest BCUT2D eigenvalue weighted by Crippen LogP contribution is -2.66. The number of para-hydroxylation sites is 2. The van der Waals surface area contributed by atoms with Crippen LogP contribution in [0.25, 0.3) is 0 Å². The zero-order chi connectivity index (χ0) is 15.0. The first kappa shape index (κ1) is 13.7. The van der Waals surface area contributed by atoms with Gasteiger partial charge in [0.1, 0.15) is 11.6 Å². The molecule has 1 unspecified atom stereocenters. The SMILES string of the molecule is CC1(C)C(=O)NCCN1C(=O)C1CNc2ccccc2N1. The van der Waals surface area contributed by atoms with Gasteiger partial charge in [0, 0.05) is 19.6 Å². The van der Waals surface area contributed by atoms with Crippen LogP contribution < -0.4 is 16.0 Å². The summed E-state index contributed by atoms with van der Waals surface area (Å²) in [6.07, 6.45) is 0. The van der Waals surface area contributed by atoms with Gasteiger partial charge in [0.05, 0.1) is 11.4 Å². The van der Waals surface area contributed by atoms with Crippen LogP contribution in [0.3, 0.4) is 0 Å². The second-order valence-electron chi connectivity index (χ2n) is 5.93. The summed E-state index contributed by atoms with van der Waals surface area (Å²) in [4.78, 5) is 26.4. The summed E-state index contributed by atoms with van der Waals surface area (Å²) in [5.41, 5.74) is 1.10. The normalized spacial score (nSPS) is 23.4. The maximum absolute atomic E-state index is 12.8. The standard InChI is InChI=1S/C15H20N4O2/c1-15(2)14(21)16-7-8-19(15)13(20)12-9-17-10-5-3-4-6-11(10)18-12/h3-6,12,17-18H,7-9H2,1-2H3,(H,16,21). The van der Waals surface area contributed by atoms with Crippen molar-refractivity contribution in [2.45, 2.75) is 25.4 Å². The number of rotatable bonds is 1. The maximum Gasteiger partial charge on any atom is 0.247 e. The molecule has 0 spiro atoms. The Balaban J connectivity index is 1.79. The Morgan fingerprint density at radius 2 is 1.95 bits per heavy atom. The maximum atomic E-state index is 12.8. The summed E-state index contributed by atoms with van der Waals surface area (Å²) < 4.78 is 0. The summed E-state index contributed by atoms with van der Waals surface area (Å²) in [6.45, 7) is 5.12. The van der Waals surface area contributed by atoms with Crippen LogP contribution >= 0.6 is 0 Å². The van der Waals surface area contributed by atoms with Crippen LogP contribution in [0.2, 0.25) is 0 Å². The molecule has 1 saturated heterocycles. The number of hydrogen-bond acceptors (Lipinski definition) is 4. The highest BCUT2D eigenvalue weighted by Gasteiger charge is 2.42. The largest absolute Gasteiger partial charge is 0.381 e. The van der Waals surface area contributed by atoms with E-state index >= 15 is 0 Å². The molecule has 6 nitrogen and oxygen atoms in total. The van der Waals surface area contributed by atoms with Crippen molar-refractivity contribution in [2.24, 2.45) is 0 Å². The molecule has 1 aromatic rings. The van der Waals surface area contributed by atoms with E-state index in [1.165, 1.54) is 0 Å². The smallest absolute Gasteiger partial charge is 0.247 e. The Kier molecular flexibility index (Phi) is 3.23. The Morgan fingerprint density at radius 3 is 2.71 bits per heavy atom. The van der Waals surface area contributed by atoms with E-state index < -0.39 is 5.54 Å². The minimum absolute atomic E-state index is 0.0446. The third-order valence-electron chi connectivity index (χ3n) is 4.17. The Hall–Kier alpha value is -2.24. The molecule has 3 N–H and O–H groups in total. The number of fused-ring (bicyclic) bond motifs is 1. The van der Waals surface area contributed by atoms with Gasteiger partial charge in [-0.2, -0.15) is 0 Å². The van der Waals surface area contributed by atoms with Gasteiger partial charge in [-0.05, 0) is 26.0 Å². The highest BCUT2D eigenvalue weighted by molar-refractivity contribution is 5.95. The van der Waals surface area contributed by atoms with Gasteiger partial charge in [-0.1, -0.05) is 12.1 Å². The predicted molar refractivity (Wildman–Crippen MR) is 81.1 cm³/mol. The van der Waals surface area contributed by atoms with Crippen LogP contribution in [-0.4, -0.2) is 47.9 Å². The van der Waals surface area contributed by atoms with Crippen molar-refractivity contribution in [3.8, 4) is 0 Å². The minimum Gasteiger partial charge on any atom is -0.381 e. The van der Waals surface area contributed by atoms with Crippen molar-refractivity contribution in [3.63, 3.8) is 0 Å². The molecule has 0 saturated carbocycles. The van der Waals surface area contributed by atoms with E-state index in [9.17, 15) is 9.59 Å². The number of carbonyl (C=O) groups excluding carboxylic acids is 2. The first-order valence-corrected chi connectivity index (χ1v) is 7.19. The highest BCUT2D eigenvalue weighted by atomic mass is 16.2. The third-order valence-corrected chi connectivity index (χ3v) is 4.17. The number of piperazine rings is 1. The Labute approximate surface area is 123 Å². The van der Waals surface area contributed by atoms with Gasteiger partial charge in [-0.15, -0.1) is 0 Å². The lowest BCUT2D eigenvalue weighted by molar-refractivity contribution is -0.149. The molecule has 1 atom stereocenters. The van der Waals surface area contributed by atoms with Crippen LogP contribution in [0.4, 0.5) is 11.4 Å². The van der Waals surface area contributed by atoms with E-state index in [2.05, 4.69) is 16.0 Å². The summed E-state index contributed by atoms with van der Waals surface area (Å²) in [7, 11) is 0. The topological polar surface area (TPSA) is 73.5 Å². The number of hydrogen-bond donors (Lipinski definition) is 3. The Bertz CT molecular complexity index is 585. The van der Waals surface area contributed by atoms with Gasteiger partial charge in [0.15, 0.2) is 0 Å². The number of nitrogens with one attached hydrogen (secondary N) is 3. The lowest BCUT2D eigenvalue weighted by atomic mass is 9.97. The summed E-state index contributed by atoms with van der Waals surface area (Å²) in [5, 5.41) is 9.33. The fraction of sp³-hybridized carbons (Fsp3) is 0.467. The van der Waals surface area contributed by atoms with Crippen LogP contribution in [0, 0.1) is 0 Å². The summed E-state index contributed by atoms with van der Waals surface area (Å²) >= 11 is 0. The predicted octanol–water partition coefficient (Wildman–Crippen LogP) is 0.630. The number of carbonyl (C=O) groups is 2. The first-order chi connectivity index (χ1) is 10.00. The fourth-order valence-electron chi connectivity index (χ4n) is 2.84. The molecule has 0 aromatic heterocycles. The molecule has 6 heteroatoms. The van der Waals surface area contributed by atoms with E-state index in [1.807, 2.05) is 24.3 Å². The molecule has 21 heavy (non-hydrogen) atoms. The molecule has 2 amide bonds. The van der Waals surface area contributed by atoms with Gasteiger partial charge in [-0.25, -0.2) is 0 Å². The van der Waals surface area contributed by atoms with Crippen molar-refractivity contribution in [2.75, 3.05) is 30.3 Å². The second-order valence-corrected chi connectivity index (χ2v) is 5.93. The van der Waals surface area contributed by atoms with Crippen LogP contribution in [0.15, 0.2) is 24.3 Å². The molecule has 112 valence electrons. The molecular formula is C15H20N4O2. The van der Waals surface area contributed by atoms with Crippen LogP contribution in [0.5, 0.6) is 0 Å². The molecule has 0 aliphatic carbocycles. The molecule has 3 rings (SSSR count). The lowest BCUT2D eigenvalue weighted by Gasteiger charge is -2.43. The van der Waals surface area contributed by atoms with Crippen molar-refractivity contribution >= 4 is 23.2 Å². The molecule has 2 heterocycles. The first-order valence-electron chi connectivity index (χ1n) is 7.19. The highest BCUT2D eigenvalue weighted by Crippen LogP contribution is 2.27. The van der Waals surface area contributed by atoms with Gasteiger partial charge in [0.25, 0.3) is 0 Å². The average Bonchev–Trinajstić information content (AvgIpc) is 2.49. The summed E-state index contributed by atoms with van der Waals surface area (Å²) in [6, 6.07) is 7.44. The zero-order valence-electron chi connectivity index (χ0n) is 12.3. The van der Waals surface area contributed by atoms with Crippen LogP contribution in [0.1, 0.15) is 13.8 Å². The third kappa shape index (κ3) is 2.30. The molecule has 2 aliphatic rings. The van der Waals surface area contributed by atoms with Crippen molar-refractivity contribution < 1.29 is 9.59 Å². The fourth-order valence-corrected chi connectivity index (χ4v) is 2.84. The molecule has 0 radical (unpaired) electrons. The average molecular weight is 288 g/mol. The molecule has 1 fully saturated rings. The zero-order valence-corrected chi connectivity index (χ0v) is 12.3. The second kappa shape index (κ2) is 4.95. The van der Waals surface area contributed by atoms with Gasteiger partial charge >= 0.3 is 0 Å². The van der Waals surface area contributed by atoms with Crippen molar-refractivity contribution in [3.05, 3.63) is 24.3 Å². The number of benzene rings is 1. The summed E-state index contributed by atoms with van der Waals surface area (Å²) in [5.74, 6) is -0.150. The van der Waals surface area contributed by atoms with Gasteiger partial charge in [0.2, 0.25) is 11.8 Å². The monoisotopic (exact) mass is 288 g/mol.